The number of nitrogens with zero attached hydrogens (tertiary/aromatic N) is 2. The van der Waals surface area contributed by atoms with Crippen LogP contribution in [0.4, 0.5) is 13.2 Å². The van der Waals surface area contributed by atoms with E-state index in [-0.39, 0.29) is 12.4 Å². The molecule has 1 aromatic rings. The van der Waals surface area contributed by atoms with Crippen molar-refractivity contribution in [3.63, 3.8) is 0 Å². The summed E-state index contributed by atoms with van der Waals surface area (Å²) in [5, 5.41) is 0. The van der Waals surface area contributed by atoms with Crippen molar-refractivity contribution in [3.8, 4) is 5.88 Å². The Labute approximate surface area is 77.9 Å². The molecule has 0 radical (unpaired) electrons. The molecule has 1 rings (SSSR count). The molecule has 1 aromatic heterocycles. The third-order valence-corrected chi connectivity index (χ3v) is 1.29. The number of ether oxygens (including phenoxy) is 1. The van der Waals surface area contributed by atoms with Gasteiger partial charge in [0, 0.05) is 12.6 Å². The fourth-order valence-corrected chi connectivity index (χ4v) is 0.723. The van der Waals surface area contributed by atoms with Gasteiger partial charge in [-0.15, -0.1) is 0 Å². The molecule has 0 aromatic carbocycles. The molecule has 0 saturated heterocycles. The van der Waals surface area contributed by atoms with Gasteiger partial charge in [0.2, 0.25) is 5.88 Å². The largest absolute Gasteiger partial charge is 0.468 e. The molecule has 0 aliphatic rings. The van der Waals surface area contributed by atoms with Gasteiger partial charge in [0.25, 0.3) is 0 Å². The lowest BCUT2D eigenvalue weighted by Crippen LogP contribution is -2.19. The van der Waals surface area contributed by atoms with Crippen molar-refractivity contribution in [2.75, 3.05) is 6.61 Å². The van der Waals surface area contributed by atoms with E-state index in [1.54, 1.807) is 0 Å². The van der Waals surface area contributed by atoms with Crippen molar-refractivity contribution >= 4 is 0 Å². The molecule has 7 heteroatoms. The summed E-state index contributed by atoms with van der Waals surface area (Å²) in [7, 11) is 0. The molecule has 0 atom stereocenters. The molecule has 1 heterocycles. The Morgan fingerprint density at radius 2 is 2.07 bits per heavy atom. The third kappa shape index (κ3) is 3.56. The van der Waals surface area contributed by atoms with Crippen molar-refractivity contribution in [1.29, 1.82) is 0 Å². The molecule has 0 amide bonds. The fraction of sp³-hybridized carbons (Fsp3) is 0.429. The Balaban J connectivity index is 2.59. The smallest absolute Gasteiger partial charge is 0.422 e. The Morgan fingerprint density at radius 3 is 2.64 bits per heavy atom. The summed E-state index contributed by atoms with van der Waals surface area (Å²) < 4.78 is 39.6. The van der Waals surface area contributed by atoms with E-state index in [9.17, 15) is 13.2 Å². The predicted octanol–water partition coefficient (Wildman–Crippen LogP) is 0.876. The van der Waals surface area contributed by atoms with Gasteiger partial charge in [-0.3, -0.25) is 0 Å². The number of rotatable bonds is 3. The summed E-state index contributed by atoms with van der Waals surface area (Å²) in [6, 6.07) is 1.27. The van der Waals surface area contributed by atoms with Crippen LogP contribution in [0.25, 0.3) is 0 Å². The maximum atomic E-state index is 11.7. The molecular formula is C7H8F3N3O. The van der Waals surface area contributed by atoms with Crippen LogP contribution in [0.5, 0.6) is 5.88 Å². The summed E-state index contributed by atoms with van der Waals surface area (Å²) in [6.45, 7) is -1.24. The van der Waals surface area contributed by atoms with Gasteiger partial charge in [0.15, 0.2) is 6.61 Å². The zero-order chi connectivity index (χ0) is 10.6. The van der Waals surface area contributed by atoms with E-state index in [0.29, 0.717) is 5.69 Å². The van der Waals surface area contributed by atoms with Crippen molar-refractivity contribution in [2.45, 2.75) is 12.7 Å². The molecule has 0 aliphatic heterocycles. The van der Waals surface area contributed by atoms with Crippen LogP contribution in [0.2, 0.25) is 0 Å². The maximum Gasteiger partial charge on any atom is 0.422 e. The van der Waals surface area contributed by atoms with Gasteiger partial charge in [0.05, 0.1) is 5.69 Å². The minimum atomic E-state index is -4.37. The number of aromatic nitrogens is 2. The molecule has 4 nitrogen and oxygen atoms in total. The van der Waals surface area contributed by atoms with Gasteiger partial charge in [-0.05, 0) is 0 Å². The summed E-state index contributed by atoms with van der Waals surface area (Å²) >= 11 is 0. The van der Waals surface area contributed by atoms with E-state index in [1.807, 2.05) is 0 Å². The van der Waals surface area contributed by atoms with Gasteiger partial charge in [-0.25, -0.2) is 9.97 Å². The lowest BCUT2D eigenvalue weighted by molar-refractivity contribution is -0.154. The third-order valence-electron chi connectivity index (χ3n) is 1.29. The van der Waals surface area contributed by atoms with Crippen LogP contribution in [0.15, 0.2) is 12.4 Å². The summed E-state index contributed by atoms with van der Waals surface area (Å²) in [6.07, 6.45) is -3.26. The van der Waals surface area contributed by atoms with E-state index in [0.717, 1.165) is 6.33 Å². The second-order valence-electron chi connectivity index (χ2n) is 2.46. The van der Waals surface area contributed by atoms with Crippen LogP contribution in [0.1, 0.15) is 5.69 Å². The Morgan fingerprint density at radius 1 is 1.36 bits per heavy atom. The lowest BCUT2D eigenvalue weighted by atomic mass is 10.4. The lowest BCUT2D eigenvalue weighted by Gasteiger charge is -2.08. The monoisotopic (exact) mass is 207 g/mol. The first-order valence-corrected chi connectivity index (χ1v) is 3.72. The van der Waals surface area contributed by atoms with Gasteiger partial charge in [0.1, 0.15) is 6.33 Å². The average molecular weight is 207 g/mol. The SMILES string of the molecule is NCc1cc(OCC(F)(F)F)ncn1. The van der Waals surface area contributed by atoms with E-state index >= 15 is 0 Å². The zero-order valence-corrected chi connectivity index (χ0v) is 7.08. The van der Waals surface area contributed by atoms with Crippen molar-refractivity contribution in [3.05, 3.63) is 18.1 Å². The molecule has 78 valence electrons. The van der Waals surface area contributed by atoms with Gasteiger partial charge in [-0.2, -0.15) is 13.2 Å². The molecule has 0 spiro atoms. The molecule has 2 N–H and O–H groups in total. The van der Waals surface area contributed by atoms with Crippen LogP contribution >= 0.6 is 0 Å². The van der Waals surface area contributed by atoms with Crippen LogP contribution < -0.4 is 10.5 Å². The highest BCUT2D eigenvalue weighted by molar-refractivity contribution is 5.13. The topological polar surface area (TPSA) is 61.0 Å². The summed E-state index contributed by atoms with van der Waals surface area (Å²) in [5.41, 5.74) is 5.66. The molecule has 14 heavy (non-hydrogen) atoms. The van der Waals surface area contributed by atoms with E-state index < -0.39 is 12.8 Å². The van der Waals surface area contributed by atoms with Crippen LogP contribution in [0.3, 0.4) is 0 Å². The van der Waals surface area contributed by atoms with E-state index in [4.69, 9.17) is 5.73 Å². The first kappa shape index (κ1) is 10.7. The summed E-state index contributed by atoms with van der Waals surface area (Å²) in [4.78, 5) is 7.21. The molecule has 0 unspecified atom stereocenters. The molecule has 0 aliphatic carbocycles. The first-order chi connectivity index (χ1) is 6.51. The first-order valence-electron chi connectivity index (χ1n) is 3.72. The fourth-order valence-electron chi connectivity index (χ4n) is 0.723. The Bertz CT molecular complexity index is 302. The number of hydrogen-bond acceptors (Lipinski definition) is 4. The highest BCUT2D eigenvalue weighted by Crippen LogP contribution is 2.16. The number of halogens is 3. The molecule has 0 fully saturated rings. The molecular weight excluding hydrogens is 199 g/mol. The van der Waals surface area contributed by atoms with Crippen molar-refractivity contribution in [2.24, 2.45) is 5.73 Å². The minimum absolute atomic E-state index is 0.127. The number of hydrogen-bond donors (Lipinski definition) is 1. The van der Waals surface area contributed by atoms with Gasteiger partial charge in [-0.1, -0.05) is 0 Å². The van der Waals surface area contributed by atoms with Crippen molar-refractivity contribution in [1.82, 2.24) is 9.97 Å². The molecule has 0 saturated carbocycles. The van der Waals surface area contributed by atoms with Crippen molar-refractivity contribution < 1.29 is 17.9 Å². The van der Waals surface area contributed by atoms with Gasteiger partial charge < -0.3 is 10.5 Å². The standard InChI is InChI=1S/C7H8F3N3O/c8-7(9,10)3-14-6-1-5(2-11)12-4-13-6/h1,4H,2-3,11H2. The predicted molar refractivity (Wildman–Crippen MR) is 41.5 cm³/mol. The Hall–Kier alpha value is -1.37. The van der Waals surface area contributed by atoms with E-state index in [2.05, 4.69) is 14.7 Å². The Kier molecular flexibility index (Phi) is 3.23. The quantitative estimate of drug-likeness (QED) is 0.799. The second-order valence-corrected chi connectivity index (χ2v) is 2.46. The molecule has 0 bridgehead atoms. The zero-order valence-electron chi connectivity index (χ0n) is 7.08. The van der Waals surface area contributed by atoms with E-state index in [1.165, 1.54) is 6.07 Å². The maximum absolute atomic E-state index is 11.7. The summed E-state index contributed by atoms with van der Waals surface area (Å²) in [5.74, 6) is -0.127. The number of alkyl halides is 3. The van der Waals surface area contributed by atoms with Crippen LogP contribution in [0, 0.1) is 0 Å². The average Bonchev–Trinajstić information content (AvgIpc) is 2.14. The van der Waals surface area contributed by atoms with Crippen LogP contribution in [-0.2, 0) is 6.54 Å². The highest BCUT2D eigenvalue weighted by atomic mass is 19.4. The minimum Gasteiger partial charge on any atom is -0.468 e. The highest BCUT2D eigenvalue weighted by Gasteiger charge is 2.28. The van der Waals surface area contributed by atoms with Gasteiger partial charge >= 0.3 is 6.18 Å². The van der Waals surface area contributed by atoms with Crippen LogP contribution in [-0.4, -0.2) is 22.8 Å². The normalized spacial score (nSPS) is 11.4. The number of nitrogens with two attached hydrogens (primary N) is 1. The second kappa shape index (κ2) is 4.23.